The number of methoxy groups -OCH3 is 1. The number of likely N-dealkylation sites (N-methyl/N-ethyl adjacent to an activating group) is 1. The summed E-state index contributed by atoms with van der Waals surface area (Å²) in [5.74, 6) is 1.24. The molecule has 1 aromatic rings. The number of amides is 1. The first-order valence-corrected chi connectivity index (χ1v) is 6.54. The van der Waals surface area contributed by atoms with E-state index >= 15 is 0 Å². The molecule has 1 rings (SSSR count). The first kappa shape index (κ1) is 16.2. The summed E-state index contributed by atoms with van der Waals surface area (Å²) in [4.78, 5) is 21.8. The zero-order valence-electron chi connectivity index (χ0n) is 12.5. The molecule has 7 heteroatoms. The van der Waals surface area contributed by atoms with Crippen molar-refractivity contribution in [2.24, 2.45) is 0 Å². The molecule has 7 nitrogen and oxygen atoms in total. The minimum absolute atomic E-state index is 0.0866. The lowest BCUT2D eigenvalue weighted by Gasteiger charge is -2.22. The molecule has 0 spiro atoms. The van der Waals surface area contributed by atoms with E-state index in [1.54, 1.807) is 12.0 Å². The largest absolute Gasteiger partial charge is 0.383 e. The topological polar surface area (TPSA) is 93.4 Å². The van der Waals surface area contributed by atoms with Crippen molar-refractivity contribution in [3.05, 3.63) is 11.9 Å². The predicted octanol–water partition coefficient (Wildman–Crippen LogP) is 0.381. The van der Waals surface area contributed by atoms with Gasteiger partial charge in [-0.05, 0) is 5.92 Å². The van der Waals surface area contributed by atoms with Gasteiger partial charge >= 0.3 is 0 Å². The van der Waals surface area contributed by atoms with Crippen LogP contribution in [0.3, 0.4) is 0 Å². The van der Waals surface area contributed by atoms with Gasteiger partial charge in [0.15, 0.2) is 0 Å². The van der Waals surface area contributed by atoms with Crippen LogP contribution in [0.15, 0.2) is 6.33 Å². The molecule has 0 radical (unpaired) electrons. The monoisotopic (exact) mass is 281 g/mol. The van der Waals surface area contributed by atoms with E-state index in [0.717, 1.165) is 5.56 Å². The summed E-state index contributed by atoms with van der Waals surface area (Å²) in [6.07, 6.45) is 1.41. The van der Waals surface area contributed by atoms with Crippen molar-refractivity contribution in [3.8, 4) is 0 Å². The van der Waals surface area contributed by atoms with Crippen LogP contribution < -0.4 is 16.0 Å². The van der Waals surface area contributed by atoms with Crippen LogP contribution in [-0.4, -0.2) is 49.7 Å². The van der Waals surface area contributed by atoms with Crippen molar-refractivity contribution in [2.45, 2.75) is 19.8 Å². The Hall–Kier alpha value is -1.89. The minimum atomic E-state index is -0.0866. The van der Waals surface area contributed by atoms with Gasteiger partial charge in [0.25, 0.3) is 0 Å². The first-order chi connectivity index (χ1) is 9.47. The summed E-state index contributed by atoms with van der Waals surface area (Å²) in [6, 6.07) is 0. The molecule has 0 aliphatic rings. The Balaban J connectivity index is 2.75. The number of carbonyl (C=O) groups is 1. The maximum atomic E-state index is 11.8. The van der Waals surface area contributed by atoms with E-state index in [0.29, 0.717) is 24.8 Å². The highest BCUT2D eigenvalue weighted by Crippen LogP contribution is 2.28. The third-order valence-corrected chi connectivity index (χ3v) is 2.84. The smallest absolute Gasteiger partial charge is 0.239 e. The molecule has 1 aromatic heterocycles. The Kier molecular flexibility index (Phi) is 6.17. The molecule has 112 valence electrons. The van der Waals surface area contributed by atoms with E-state index in [9.17, 15) is 4.79 Å². The highest BCUT2D eigenvalue weighted by Gasteiger charge is 2.17. The number of nitrogens with two attached hydrogens (primary N) is 1. The maximum absolute atomic E-state index is 11.8. The van der Waals surface area contributed by atoms with Crippen molar-refractivity contribution >= 4 is 17.5 Å². The Morgan fingerprint density at radius 2 is 2.20 bits per heavy atom. The molecule has 0 atom stereocenters. The minimum Gasteiger partial charge on any atom is -0.383 e. The second kappa shape index (κ2) is 7.64. The standard InChI is InChI=1S/C13H23N5O2/c1-9(2)11-12(14)16-8-17-13(11)18(3)7-10(19)15-5-6-20-4/h8-9H,5-7H2,1-4H3,(H,15,19)(H2,14,16,17). The second-order valence-corrected chi connectivity index (χ2v) is 4.85. The zero-order chi connectivity index (χ0) is 15.1. The SMILES string of the molecule is COCCNC(=O)CN(C)c1ncnc(N)c1C(C)C. The van der Waals surface area contributed by atoms with E-state index < -0.39 is 0 Å². The van der Waals surface area contributed by atoms with Crippen molar-refractivity contribution in [1.82, 2.24) is 15.3 Å². The van der Waals surface area contributed by atoms with E-state index in [1.165, 1.54) is 6.33 Å². The van der Waals surface area contributed by atoms with E-state index in [1.807, 2.05) is 20.9 Å². The number of aromatic nitrogens is 2. The van der Waals surface area contributed by atoms with Crippen LogP contribution in [0.2, 0.25) is 0 Å². The molecule has 1 amide bonds. The van der Waals surface area contributed by atoms with Crippen molar-refractivity contribution < 1.29 is 9.53 Å². The molecule has 20 heavy (non-hydrogen) atoms. The van der Waals surface area contributed by atoms with E-state index in [4.69, 9.17) is 10.5 Å². The van der Waals surface area contributed by atoms with Gasteiger partial charge in [-0.1, -0.05) is 13.8 Å². The van der Waals surface area contributed by atoms with Crippen LogP contribution in [0.5, 0.6) is 0 Å². The fraction of sp³-hybridized carbons (Fsp3) is 0.615. The summed E-state index contributed by atoms with van der Waals surface area (Å²) >= 11 is 0. The molecule has 0 saturated heterocycles. The van der Waals surface area contributed by atoms with Gasteiger partial charge in [0.2, 0.25) is 5.91 Å². The molecule has 0 aliphatic heterocycles. The quantitative estimate of drug-likeness (QED) is 0.702. The van der Waals surface area contributed by atoms with Gasteiger partial charge in [0.05, 0.1) is 13.2 Å². The first-order valence-electron chi connectivity index (χ1n) is 6.54. The normalized spacial score (nSPS) is 10.7. The third kappa shape index (κ3) is 4.34. The summed E-state index contributed by atoms with van der Waals surface area (Å²) < 4.78 is 4.88. The summed E-state index contributed by atoms with van der Waals surface area (Å²) in [5, 5.41) is 2.77. The molecular weight excluding hydrogens is 258 g/mol. The van der Waals surface area contributed by atoms with Gasteiger partial charge in [0, 0.05) is 26.3 Å². The predicted molar refractivity (Wildman–Crippen MR) is 78.7 cm³/mol. The van der Waals surface area contributed by atoms with Gasteiger partial charge in [0.1, 0.15) is 18.0 Å². The Labute approximate surface area is 119 Å². The molecule has 0 unspecified atom stereocenters. The number of nitrogen functional groups attached to an aromatic ring is 1. The number of nitrogens with one attached hydrogen (secondary N) is 1. The Morgan fingerprint density at radius 1 is 1.50 bits per heavy atom. The van der Waals surface area contributed by atoms with Gasteiger partial charge in [-0.25, -0.2) is 9.97 Å². The summed E-state index contributed by atoms with van der Waals surface area (Å²) in [5.41, 5.74) is 6.76. The van der Waals surface area contributed by atoms with Crippen LogP contribution in [0.4, 0.5) is 11.6 Å². The van der Waals surface area contributed by atoms with Gasteiger partial charge in [-0.3, -0.25) is 4.79 Å². The molecule has 3 N–H and O–H groups in total. The van der Waals surface area contributed by atoms with Crippen LogP contribution >= 0.6 is 0 Å². The van der Waals surface area contributed by atoms with Gasteiger partial charge < -0.3 is 20.7 Å². The van der Waals surface area contributed by atoms with Crippen LogP contribution in [0.25, 0.3) is 0 Å². The molecule has 0 aliphatic carbocycles. The lowest BCUT2D eigenvalue weighted by Crippen LogP contribution is -2.37. The number of nitrogens with zero attached hydrogens (tertiary/aromatic N) is 3. The zero-order valence-corrected chi connectivity index (χ0v) is 12.5. The van der Waals surface area contributed by atoms with Crippen molar-refractivity contribution in [3.63, 3.8) is 0 Å². The van der Waals surface area contributed by atoms with Gasteiger partial charge in [-0.2, -0.15) is 0 Å². The fourth-order valence-electron chi connectivity index (χ4n) is 1.90. The van der Waals surface area contributed by atoms with Crippen LogP contribution in [0, 0.1) is 0 Å². The highest BCUT2D eigenvalue weighted by atomic mass is 16.5. The summed E-state index contributed by atoms with van der Waals surface area (Å²) in [6.45, 7) is 5.23. The van der Waals surface area contributed by atoms with E-state index in [2.05, 4.69) is 15.3 Å². The molecular formula is C13H23N5O2. The number of ether oxygens (including phenoxy) is 1. The lowest BCUT2D eigenvalue weighted by molar-refractivity contribution is -0.119. The van der Waals surface area contributed by atoms with Crippen LogP contribution in [-0.2, 0) is 9.53 Å². The third-order valence-electron chi connectivity index (χ3n) is 2.84. The number of rotatable bonds is 7. The number of hydrogen-bond donors (Lipinski definition) is 2. The average molecular weight is 281 g/mol. The lowest BCUT2D eigenvalue weighted by atomic mass is 10.0. The Bertz CT molecular complexity index is 450. The molecule has 0 aromatic carbocycles. The van der Waals surface area contributed by atoms with Crippen molar-refractivity contribution in [1.29, 1.82) is 0 Å². The molecule has 0 fully saturated rings. The average Bonchev–Trinajstić information content (AvgIpc) is 2.38. The second-order valence-electron chi connectivity index (χ2n) is 4.85. The summed E-state index contributed by atoms with van der Waals surface area (Å²) in [7, 11) is 3.40. The molecule has 0 saturated carbocycles. The molecule has 1 heterocycles. The number of hydrogen-bond acceptors (Lipinski definition) is 6. The number of carbonyl (C=O) groups excluding carboxylic acids is 1. The fourth-order valence-corrected chi connectivity index (χ4v) is 1.90. The highest BCUT2D eigenvalue weighted by molar-refractivity contribution is 5.81. The van der Waals surface area contributed by atoms with Gasteiger partial charge in [-0.15, -0.1) is 0 Å². The molecule has 0 bridgehead atoms. The maximum Gasteiger partial charge on any atom is 0.239 e. The number of anilines is 2. The van der Waals surface area contributed by atoms with Crippen LogP contribution in [0.1, 0.15) is 25.3 Å². The van der Waals surface area contributed by atoms with Crippen molar-refractivity contribution in [2.75, 3.05) is 44.5 Å². The van der Waals surface area contributed by atoms with E-state index in [-0.39, 0.29) is 18.4 Å². The Morgan fingerprint density at radius 3 is 2.80 bits per heavy atom.